The number of benzene rings is 3. The van der Waals surface area contributed by atoms with E-state index in [4.69, 9.17) is 36.1 Å². The van der Waals surface area contributed by atoms with Gasteiger partial charge in [-0.05, 0) is 110 Å². The third-order valence-electron chi connectivity index (χ3n) is 14.9. The molecule has 16 nitrogen and oxygen atoms in total. The van der Waals surface area contributed by atoms with Crippen molar-refractivity contribution in [3.63, 3.8) is 0 Å². The summed E-state index contributed by atoms with van der Waals surface area (Å²) in [6.07, 6.45) is 22.6. The molecule has 4 N–H and O–H groups in total. The molecule has 3 fully saturated rings. The number of allylic oxidation sites excluding steroid dienone is 1. The van der Waals surface area contributed by atoms with Gasteiger partial charge in [-0.15, -0.1) is 0 Å². The van der Waals surface area contributed by atoms with Crippen molar-refractivity contribution in [3.8, 4) is 0 Å². The van der Waals surface area contributed by atoms with Crippen LogP contribution in [-0.2, 0) is 33.3 Å². The minimum atomic E-state index is -0.827. The first-order chi connectivity index (χ1) is 36.8. The number of methoxy groups -OCH3 is 2. The smallest absolute Gasteiger partial charge is 0.333 e. The summed E-state index contributed by atoms with van der Waals surface area (Å²) in [6, 6.07) is 32.0. The number of carboxylic acid groups (broad SMARTS) is 1. The summed E-state index contributed by atoms with van der Waals surface area (Å²) in [4.78, 5) is 39.2. The summed E-state index contributed by atoms with van der Waals surface area (Å²) in [5.41, 5.74) is 28.3. The first-order valence-corrected chi connectivity index (χ1v) is 27.4. The van der Waals surface area contributed by atoms with Gasteiger partial charge in [0.2, 0.25) is 0 Å². The molecule has 3 aromatic rings. The van der Waals surface area contributed by atoms with Crippen molar-refractivity contribution in [2.24, 2.45) is 27.8 Å². The van der Waals surface area contributed by atoms with Crippen molar-refractivity contribution in [1.29, 1.82) is 0 Å². The normalized spacial score (nSPS) is 25.1. The zero-order valence-corrected chi connectivity index (χ0v) is 45.5. The van der Waals surface area contributed by atoms with Gasteiger partial charge in [0.15, 0.2) is 0 Å². The van der Waals surface area contributed by atoms with Crippen LogP contribution in [0.15, 0.2) is 136 Å². The Morgan fingerprint density at radius 1 is 0.684 bits per heavy atom. The zero-order chi connectivity index (χ0) is 54.8. The second-order valence-electron chi connectivity index (χ2n) is 20.7. The molecule has 6 aliphatic rings. The number of fused-ring (bicyclic) bond motifs is 1. The molecular weight excluding hydrogens is 961 g/mol. The number of nitrogens with zero attached hydrogens (tertiary/aromatic N) is 6. The molecule has 76 heavy (non-hydrogen) atoms. The van der Waals surface area contributed by atoms with Crippen LogP contribution in [0.1, 0.15) is 147 Å². The molecule has 0 amide bonds. The quantitative estimate of drug-likeness (QED) is 0.0364. The topological polar surface area (TPSA) is 254 Å². The van der Waals surface area contributed by atoms with E-state index in [-0.39, 0.29) is 60.3 Å². The number of esters is 2. The number of rotatable bonds is 13. The molecule has 7 unspecified atom stereocenters. The van der Waals surface area contributed by atoms with Crippen LogP contribution in [0.3, 0.4) is 0 Å². The highest BCUT2D eigenvalue weighted by Gasteiger charge is 2.45. The summed E-state index contributed by atoms with van der Waals surface area (Å²) in [7, 11) is 2.71. The molecule has 0 aromatic heterocycles. The largest absolute Gasteiger partial charge is 0.478 e. The number of nitrogens with one attached hydrogen (secondary N) is 1. The van der Waals surface area contributed by atoms with E-state index in [9.17, 15) is 14.4 Å². The molecule has 1 saturated heterocycles. The van der Waals surface area contributed by atoms with Gasteiger partial charge in [0.1, 0.15) is 0 Å². The van der Waals surface area contributed by atoms with Gasteiger partial charge in [-0.2, -0.15) is 0 Å². The monoisotopic (exact) mass is 1040 g/mol. The van der Waals surface area contributed by atoms with Crippen LogP contribution in [0, 0.1) is 11.8 Å². The predicted octanol–water partition coefficient (Wildman–Crippen LogP) is 12.8. The molecule has 2 saturated carbocycles. The lowest BCUT2D eigenvalue weighted by Gasteiger charge is -2.35. The third kappa shape index (κ3) is 19.7. The number of ether oxygens (including phenoxy) is 4. The van der Waals surface area contributed by atoms with E-state index < -0.39 is 5.97 Å². The Kier molecular flexibility index (Phi) is 25.8. The van der Waals surface area contributed by atoms with Crippen molar-refractivity contribution >= 4 is 17.9 Å². The van der Waals surface area contributed by atoms with Crippen LogP contribution in [0.25, 0.3) is 20.9 Å². The van der Waals surface area contributed by atoms with E-state index in [2.05, 4.69) is 135 Å². The van der Waals surface area contributed by atoms with E-state index >= 15 is 0 Å². The van der Waals surface area contributed by atoms with E-state index in [1.54, 1.807) is 6.08 Å². The Morgan fingerprint density at radius 2 is 1.16 bits per heavy atom. The number of aliphatic carboxylic acids is 1. The summed E-state index contributed by atoms with van der Waals surface area (Å²) in [5, 5.41) is 19.2. The SMILES string of the molecule is CC1C=C(C(=O)O)CC(N)C1.CC[C@@H](C)OC1CCCCC1.COC(=O)C1=CC(OC2CCCCC2)[C@H](C)C(N=[N+]=[N-])C1.COC(=O)C1=CC2NC2C(N=[N+]=[N-])C1.c1ccc(C(c2ccccc2)c2ccccc2)cc1. The second-order valence-corrected chi connectivity index (χ2v) is 20.7. The van der Waals surface area contributed by atoms with Gasteiger partial charge in [0, 0.05) is 56.6 Å². The lowest BCUT2D eigenvalue weighted by atomic mass is 9.84. The lowest BCUT2D eigenvalue weighted by Crippen LogP contribution is -2.37. The Morgan fingerprint density at radius 3 is 1.62 bits per heavy atom. The van der Waals surface area contributed by atoms with Crippen molar-refractivity contribution in [2.75, 3.05) is 14.2 Å². The fourth-order valence-corrected chi connectivity index (χ4v) is 10.5. The van der Waals surface area contributed by atoms with E-state index in [1.165, 1.54) is 82.3 Å². The number of azide groups is 2. The minimum absolute atomic E-state index is 0.0288. The lowest BCUT2D eigenvalue weighted by molar-refractivity contribution is -0.137. The molecule has 0 radical (unpaired) electrons. The predicted molar refractivity (Wildman–Crippen MR) is 297 cm³/mol. The summed E-state index contributed by atoms with van der Waals surface area (Å²) in [5.74, 6) is -0.843. The standard InChI is InChI=1S/C19H16.C15H23N3O3.C10H20O.C8H10N4O2.C8H13NO2/c1-4-10-16(11-5-1)19(17-12-6-2-7-13-17)18-14-8-3-9-15-18;1-10-13(17-18-16)8-11(15(19)20-2)9-14(10)21-12-6-4-3-5-7-12;1-3-9(2)11-10-7-5-4-6-8-10;1-14-8(13)4-2-5-7(10-5)6(3-4)11-12-9;1-5-2-6(8(10)11)4-7(9)3-5/h1-15,19H;9-10,12-14H,3-8H2,1-2H3;9-10H,3-8H2,1-2H3;2,5-7,10H,3H2,1H3;2,5,7H,3-4,9H2,1H3,(H,10,11)/t;10-,13?,14?;9-;;/m.11../s1. The second kappa shape index (κ2) is 32.4. The Balaban J connectivity index is 0.000000180. The van der Waals surface area contributed by atoms with Gasteiger partial charge in [-0.1, -0.05) is 173 Å². The molecule has 0 bridgehead atoms. The number of carbonyl (C=O) groups excluding carboxylic acids is 2. The van der Waals surface area contributed by atoms with Gasteiger partial charge in [-0.3, -0.25) is 0 Å². The minimum Gasteiger partial charge on any atom is -0.478 e. The first kappa shape index (κ1) is 60.6. The molecule has 5 aliphatic carbocycles. The van der Waals surface area contributed by atoms with E-state index in [1.807, 2.05) is 26.0 Å². The van der Waals surface area contributed by atoms with Crippen LogP contribution >= 0.6 is 0 Å². The maximum absolute atomic E-state index is 11.8. The van der Waals surface area contributed by atoms with Gasteiger partial charge in [-0.25, -0.2) is 14.4 Å². The number of hydrogen-bond donors (Lipinski definition) is 3. The third-order valence-corrected chi connectivity index (χ3v) is 14.9. The van der Waals surface area contributed by atoms with Crippen molar-refractivity contribution in [2.45, 2.75) is 185 Å². The average Bonchev–Trinajstić information content (AvgIpc) is 4.25. The Hall–Kier alpha value is -6.25. The van der Waals surface area contributed by atoms with Crippen LogP contribution in [0.2, 0.25) is 0 Å². The molecule has 1 aliphatic heterocycles. The van der Waals surface area contributed by atoms with Crippen LogP contribution in [-0.4, -0.2) is 91.9 Å². The summed E-state index contributed by atoms with van der Waals surface area (Å²) in [6.45, 7) is 8.36. The number of nitrogens with two attached hydrogens (primary N) is 1. The molecule has 0 spiro atoms. The molecular formula is C60H82N8O8. The maximum atomic E-state index is 11.8. The fraction of sp³-hybridized carbons (Fsp3) is 0.550. The molecule has 1 heterocycles. The highest BCUT2D eigenvalue weighted by atomic mass is 16.5. The van der Waals surface area contributed by atoms with E-state index in [0.717, 1.165) is 25.7 Å². The van der Waals surface area contributed by atoms with Crippen molar-refractivity contribution in [1.82, 2.24) is 5.32 Å². The van der Waals surface area contributed by atoms with Crippen LogP contribution in [0.4, 0.5) is 0 Å². The molecule has 9 rings (SSSR count). The average molecular weight is 1040 g/mol. The fourth-order valence-electron chi connectivity index (χ4n) is 10.5. The molecule has 410 valence electrons. The number of carbonyl (C=O) groups is 3. The van der Waals surface area contributed by atoms with Crippen LogP contribution < -0.4 is 11.1 Å². The summed E-state index contributed by atoms with van der Waals surface area (Å²) >= 11 is 0. The van der Waals surface area contributed by atoms with Gasteiger partial charge in [0.05, 0.1) is 44.7 Å². The molecule has 3 aromatic carbocycles. The van der Waals surface area contributed by atoms with Crippen LogP contribution in [0.5, 0.6) is 0 Å². The molecule has 16 heteroatoms. The Bertz CT molecular complexity index is 2350. The van der Waals surface area contributed by atoms with Gasteiger partial charge >= 0.3 is 17.9 Å². The van der Waals surface area contributed by atoms with Crippen molar-refractivity contribution in [3.05, 3.63) is 164 Å². The molecule has 9 atom stereocenters. The van der Waals surface area contributed by atoms with Gasteiger partial charge in [0.25, 0.3) is 0 Å². The van der Waals surface area contributed by atoms with Gasteiger partial charge < -0.3 is 35.1 Å². The van der Waals surface area contributed by atoms with E-state index in [0.29, 0.717) is 60.0 Å². The van der Waals surface area contributed by atoms with Crippen molar-refractivity contribution < 1.29 is 38.4 Å². The number of carboxylic acids is 1. The highest BCUT2D eigenvalue weighted by molar-refractivity contribution is 5.89. The Labute approximate surface area is 450 Å². The first-order valence-electron chi connectivity index (χ1n) is 27.4. The summed E-state index contributed by atoms with van der Waals surface area (Å²) < 4.78 is 21.4. The zero-order valence-electron chi connectivity index (χ0n) is 45.5. The number of hydrogen-bond acceptors (Lipinski definition) is 11. The maximum Gasteiger partial charge on any atom is 0.333 e. The highest BCUT2D eigenvalue weighted by Crippen LogP contribution is 2.34.